The number of carboxylic acids is 1. The van der Waals surface area contributed by atoms with E-state index < -0.39 is 5.97 Å². The summed E-state index contributed by atoms with van der Waals surface area (Å²) in [5, 5.41) is 8.38. The zero-order valence-electron chi connectivity index (χ0n) is 9.05. The van der Waals surface area contributed by atoms with Crippen LogP contribution in [0.1, 0.15) is 11.6 Å². The summed E-state index contributed by atoms with van der Waals surface area (Å²) in [6, 6.07) is 6.92. The Kier molecular flexibility index (Phi) is 4.75. The molecule has 0 radical (unpaired) electrons. The van der Waals surface area contributed by atoms with Crippen molar-refractivity contribution in [2.45, 2.75) is 6.04 Å². The highest BCUT2D eigenvalue weighted by atomic mass is 16.5. The van der Waals surface area contributed by atoms with Gasteiger partial charge in [-0.15, -0.1) is 0 Å². The molecule has 1 aromatic carbocycles. The van der Waals surface area contributed by atoms with Gasteiger partial charge < -0.3 is 20.3 Å². The third kappa shape index (κ3) is 3.88. The summed E-state index contributed by atoms with van der Waals surface area (Å²) in [6.07, 6.45) is 0. The van der Waals surface area contributed by atoms with Crippen LogP contribution in [-0.4, -0.2) is 31.4 Å². The maximum absolute atomic E-state index is 10.2. The Balaban J connectivity index is 2.45. The van der Waals surface area contributed by atoms with Crippen molar-refractivity contribution in [3.05, 3.63) is 29.8 Å². The number of rotatable bonds is 6. The zero-order chi connectivity index (χ0) is 12.0. The van der Waals surface area contributed by atoms with Crippen LogP contribution in [-0.2, 0) is 9.53 Å². The fourth-order valence-electron chi connectivity index (χ4n) is 1.22. The van der Waals surface area contributed by atoms with Gasteiger partial charge in [0.25, 0.3) is 0 Å². The molecule has 3 N–H and O–H groups in total. The van der Waals surface area contributed by atoms with Crippen molar-refractivity contribution in [2.24, 2.45) is 5.73 Å². The molecule has 0 fully saturated rings. The number of aliphatic carboxylic acids is 1. The van der Waals surface area contributed by atoms with E-state index >= 15 is 0 Å². The minimum atomic E-state index is -0.998. The van der Waals surface area contributed by atoms with Gasteiger partial charge >= 0.3 is 5.97 Å². The first-order valence-electron chi connectivity index (χ1n) is 4.82. The molecule has 0 spiro atoms. The second-order valence-corrected chi connectivity index (χ2v) is 3.29. The highest BCUT2D eigenvalue weighted by Gasteiger charge is 2.07. The van der Waals surface area contributed by atoms with Gasteiger partial charge in [-0.2, -0.15) is 0 Å². The Morgan fingerprint density at radius 2 is 2.06 bits per heavy atom. The van der Waals surface area contributed by atoms with Gasteiger partial charge in [0.05, 0.1) is 19.8 Å². The van der Waals surface area contributed by atoms with Crippen molar-refractivity contribution >= 4 is 5.97 Å². The molecule has 0 amide bonds. The number of hydrogen-bond donors (Lipinski definition) is 2. The fraction of sp³-hybridized carbons (Fsp3) is 0.364. The lowest BCUT2D eigenvalue weighted by molar-refractivity contribution is -0.142. The number of carboxylic acid groups (broad SMARTS) is 1. The number of ether oxygens (including phenoxy) is 2. The summed E-state index contributed by atoms with van der Waals surface area (Å²) in [5.41, 5.74) is 6.69. The molecule has 1 atom stereocenters. The second-order valence-electron chi connectivity index (χ2n) is 3.29. The largest absolute Gasteiger partial charge is 0.497 e. The summed E-state index contributed by atoms with van der Waals surface area (Å²) in [5.74, 6) is -0.246. The average Bonchev–Trinajstić information content (AvgIpc) is 2.28. The Bertz CT molecular complexity index is 336. The van der Waals surface area contributed by atoms with E-state index in [1.54, 1.807) is 19.2 Å². The van der Waals surface area contributed by atoms with Crippen LogP contribution in [0, 0.1) is 0 Å². The third-order valence-electron chi connectivity index (χ3n) is 2.07. The van der Waals surface area contributed by atoms with Crippen LogP contribution in [0.5, 0.6) is 5.75 Å². The smallest absolute Gasteiger partial charge is 0.329 e. The minimum absolute atomic E-state index is 0.179. The maximum Gasteiger partial charge on any atom is 0.329 e. The lowest BCUT2D eigenvalue weighted by Crippen LogP contribution is -2.19. The first-order chi connectivity index (χ1) is 7.63. The van der Waals surface area contributed by atoms with E-state index in [0.29, 0.717) is 0 Å². The first kappa shape index (κ1) is 12.5. The van der Waals surface area contributed by atoms with Gasteiger partial charge in [0.2, 0.25) is 0 Å². The summed E-state index contributed by atoms with van der Waals surface area (Å²) in [7, 11) is 1.59. The van der Waals surface area contributed by atoms with Gasteiger partial charge in [0, 0.05) is 0 Å². The van der Waals surface area contributed by atoms with Crippen molar-refractivity contribution < 1.29 is 19.4 Å². The summed E-state index contributed by atoms with van der Waals surface area (Å²) in [4.78, 5) is 10.2. The van der Waals surface area contributed by atoms with Crippen molar-refractivity contribution in [1.29, 1.82) is 0 Å². The number of carbonyl (C=O) groups is 1. The molecule has 0 aliphatic rings. The van der Waals surface area contributed by atoms with Crippen LogP contribution in [0.25, 0.3) is 0 Å². The number of nitrogens with two attached hydrogens (primary N) is 1. The summed E-state index contributed by atoms with van der Waals surface area (Å²) < 4.78 is 9.92. The van der Waals surface area contributed by atoms with Crippen LogP contribution >= 0.6 is 0 Å². The predicted molar refractivity (Wildman–Crippen MR) is 58.4 cm³/mol. The Morgan fingerprint density at radius 3 is 2.56 bits per heavy atom. The van der Waals surface area contributed by atoms with Gasteiger partial charge in [-0.3, -0.25) is 0 Å². The fourth-order valence-corrected chi connectivity index (χ4v) is 1.22. The molecule has 0 bridgehead atoms. The van der Waals surface area contributed by atoms with Gasteiger partial charge in [0.15, 0.2) is 0 Å². The molecule has 0 heterocycles. The molecule has 16 heavy (non-hydrogen) atoms. The monoisotopic (exact) mass is 225 g/mol. The van der Waals surface area contributed by atoms with E-state index in [9.17, 15) is 4.79 Å². The third-order valence-corrected chi connectivity index (χ3v) is 2.07. The van der Waals surface area contributed by atoms with Gasteiger partial charge in [-0.1, -0.05) is 12.1 Å². The van der Waals surface area contributed by atoms with E-state index in [2.05, 4.69) is 0 Å². The molecule has 1 unspecified atom stereocenters. The van der Waals surface area contributed by atoms with Gasteiger partial charge in [-0.25, -0.2) is 4.79 Å². The van der Waals surface area contributed by atoms with Crippen LogP contribution in [0.4, 0.5) is 0 Å². The van der Waals surface area contributed by atoms with Crippen LogP contribution < -0.4 is 10.5 Å². The van der Waals surface area contributed by atoms with E-state index in [1.807, 2.05) is 12.1 Å². The molecule has 0 aliphatic heterocycles. The molecule has 0 aromatic heterocycles. The first-order valence-corrected chi connectivity index (χ1v) is 4.82. The lowest BCUT2D eigenvalue weighted by atomic mass is 10.1. The summed E-state index contributed by atoms with van der Waals surface area (Å²) in [6.45, 7) is -0.150. The molecule has 0 saturated carbocycles. The topological polar surface area (TPSA) is 81.8 Å². The van der Waals surface area contributed by atoms with Crippen molar-refractivity contribution in [2.75, 3.05) is 20.3 Å². The average molecular weight is 225 g/mol. The zero-order valence-corrected chi connectivity index (χ0v) is 9.05. The van der Waals surface area contributed by atoms with Crippen molar-refractivity contribution in [3.8, 4) is 5.75 Å². The van der Waals surface area contributed by atoms with Gasteiger partial charge in [0.1, 0.15) is 12.4 Å². The molecular formula is C11H15NO4. The Morgan fingerprint density at radius 1 is 1.44 bits per heavy atom. The summed E-state index contributed by atoms with van der Waals surface area (Å²) >= 11 is 0. The highest BCUT2D eigenvalue weighted by Crippen LogP contribution is 2.16. The van der Waals surface area contributed by atoms with Crippen LogP contribution in [0.15, 0.2) is 24.3 Å². The van der Waals surface area contributed by atoms with Crippen molar-refractivity contribution in [1.82, 2.24) is 0 Å². The standard InChI is InChI=1S/C11H15NO4/c1-15-9-4-2-8(3-5-9)10(12)6-16-7-11(13)14/h2-5,10H,6-7,12H2,1H3,(H,13,14). The number of benzene rings is 1. The van der Waals surface area contributed by atoms with E-state index in [1.165, 1.54) is 0 Å². The quantitative estimate of drug-likeness (QED) is 0.748. The molecular weight excluding hydrogens is 210 g/mol. The predicted octanol–water partition coefficient (Wildman–Crippen LogP) is 0.796. The molecule has 88 valence electrons. The SMILES string of the molecule is COc1ccc(C(N)COCC(=O)O)cc1. The normalized spacial score (nSPS) is 12.1. The Hall–Kier alpha value is -1.59. The molecule has 0 aliphatic carbocycles. The minimum Gasteiger partial charge on any atom is -0.497 e. The second kappa shape index (κ2) is 6.09. The molecule has 0 saturated heterocycles. The van der Waals surface area contributed by atoms with Crippen LogP contribution in [0.3, 0.4) is 0 Å². The van der Waals surface area contributed by atoms with E-state index in [0.717, 1.165) is 11.3 Å². The molecule has 5 nitrogen and oxygen atoms in total. The molecule has 5 heteroatoms. The highest BCUT2D eigenvalue weighted by molar-refractivity contribution is 5.67. The number of hydrogen-bond acceptors (Lipinski definition) is 4. The molecule has 1 rings (SSSR count). The molecule has 1 aromatic rings. The lowest BCUT2D eigenvalue weighted by Gasteiger charge is -2.12. The van der Waals surface area contributed by atoms with Gasteiger partial charge in [-0.05, 0) is 17.7 Å². The Labute approximate surface area is 93.8 Å². The van der Waals surface area contributed by atoms with Crippen LogP contribution in [0.2, 0.25) is 0 Å². The van der Waals surface area contributed by atoms with E-state index in [-0.39, 0.29) is 19.3 Å². The maximum atomic E-state index is 10.2. The van der Waals surface area contributed by atoms with Crippen molar-refractivity contribution in [3.63, 3.8) is 0 Å². The number of methoxy groups -OCH3 is 1. The van der Waals surface area contributed by atoms with E-state index in [4.69, 9.17) is 20.3 Å².